The minimum atomic E-state index is 0. The van der Waals surface area contributed by atoms with Crippen LogP contribution in [-0.4, -0.2) is 0 Å². The van der Waals surface area contributed by atoms with Crippen molar-refractivity contribution in [3.63, 3.8) is 0 Å². The van der Waals surface area contributed by atoms with Crippen LogP contribution in [0.5, 0.6) is 0 Å². The third-order valence-electron chi connectivity index (χ3n) is 3.95. The zero-order chi connectivity index (χ0) is 13.7. The van der Waals surface area contributed by atoms with Crippen molar-refractivity contribution >= 4 is 0 Å². The molecule has 2 aromatic rings. The topological polar surface area (TPSA) is 36.5 Å². The van der Waals surface area contributed by atoms with Crippen LogP contribution in [0.25, 0.3) is 0 Å². The fourth-order valence-corrected chi connectivity index (χ4v) is 2.98. The number of halogens is 1. The molecule has 0 aliphatic rings. The Morgan fingerprint density at radius 3 is 1.71 bits per heavy atom. The molecule has 0 aliphatic carbocycles. The SMILES string of the molecule is CCc1ccc(Cc2ccccc2)c(CC)c1CC.[Cl-].[NH4+]. The number of benzene rings is 2. The zero-order valence-corrected chi connectivity index (χ0v) is 14.5. The summed E-state index contributed by atoms with van der Waals surface area (Å²) in [4.78, 5) is 0. The van der Waals surface area contributed by atoms with E-state index in [-0.39, 0.29) is 18.6 Å². The molecule has 0 saturated heterocycles. The Morgan fingerprint density at radius 2 is 1.19 bits per heavy atom. The second-order valence-electron chi connectivity index (χ2n) is 5.06. The Hall–Kier alpha value is -1.31. The molecule has 2 heteroatoms. The maximum atomic E-state index is 2.34. The van der Waals surface area contributed by atoms with Crippen molar-refractivity contribution in [2.45, 2.75) is 46.5 Å². The number of hydrogen-bond acceptors (Lipinski definition) is 0. The summed E-state index contributed by atoms with van der Waals surface area (Å²) in [6.07, 6.45) is 4.48. The minimum Gasteiger partial charge on any atom is -1.00 e. The van der Waals surface area contributed by atoms with Gasteiger partial charge in [0.25, 0.3) is 0 Å². The van der Waals surface area contributed by atoms with E-state index in [2.05, 4.69) is 63.2 Å². The van der Waals surface area contributed by atoms with Crippen molar-refractivity contribution in [2.24, 2.45) is 0 Å². The molecular formula is C19H28ClN. The van der Waals surface area contributed by atoms with Crippen LogP contribution in [0, 0.1) is 0 Å². The quantitative estimate of drug-likeness (QED) is 0.880. The summed E-state index contributed by atoms with van der Waals surface area (Å²) in [6.45, 7) is 6.81. The highest BCUT2D eigenvalue weighted by atomic mass is 35.5. The maximum absolute atomic E-state index is 2.34. The Balaban J connectivity index is 0.00000200. The van der Waals surface area contributed by atoms with Crippen LogP contribution >= 0.6 is 0 Å². The summed E-state index contributed by atoms with van der Waals surface area (Å²) in [5.74, 6) is 0. The molecular weight excluding hydrogens is 278 g/mol. The van der Waals surface area contributed by atoms with Crippen molar-refractivity contribution in [1.82, 2.24) is 6.15 Å². The summed E-state index contributed by atoms with van der Waals surface area (Å²) in [5.41, 5.74) is 7.59. The van der Waals surface area contributed by atoms with Crippen molar-refractivity contribution in [2.75, 3.05) is 0 Å². The molecule has 1 nitrogen and oxygen atoms in total. The third-order valence-corrected chi connectivity index (χ3v) is 3.95. The molecule has 0 amide bonds. The molecule has 21 heavy (non-hydrogen) atoms. The molecule has 0 spiro atoms. The van der Waals surface area contributed by atoms with Gasteiger partial charge in [-0.05, 0) is 53.5 Å². The molecule has 116 valence electrons. The Morgan fingerprint density at radius 1 is 0.667 bits per heavy atom. The van der Waals surface area contributed by atoms with Crippen LogP contribution in [0.2, 0.25) is 0 Å². The monoisotopic (exact) mass is 305 g/mol. The second kappa shape index (κ2) is 9.59. The molecule has 4 N–H and O–H groups in total. The van der Waals surface area contributed by atoms with Crippen molar-refractivity contribution < 1.29 is 12.4 Å². The van der Waals surface area contributed by atoms with E-state index in [1.54, 1.807) is 11.1 Å². The molecule has 0 aliphatic heterocycles. The summed E-state index contributed by atoms with van der Waals surface area (Å²) < 4.78 is 0. The van der Waals surface area contributed by atoms with Crippen LogP contribution < -0.4 is 18.6 Å². The van der Waals surface area contributed by atoms with Gasteiger partial charge in [0.15, 0.2) is 0 Å². The smallest absolute Gasteiger partial charge is 0.00229 e. The molecule has 0 aromatic heterocycles. The van der Waals surface area contributed by atoms with Crippen LogP contribution in [0.3, 0.4) is 0 Å². The number of quaternary nitrogens is 1. The molecule has 0 radical (unpaired) electrons. The van der Waals surface area contributed by atoms with Crippen LogP contribution in [-0.2, 0) is 25.7 Å². The van der Waals surface area contributed by atoms with Gasteiger partial charge in [0.1, 0.15) is 0 Å². The lowest BCUT2D eigenvalue weighted by molar-refractivity contribution is -0.00000449. The molecule has 0 atom stereocenters. The van der Waals surface area contributed by atoms with E-state index in [0.29, 0.717) is 0 Å². The van der Waals surface area contributed by atoms with Crippen LogP contribution in [0.1, 0.15) is 48.6 Å². The lowest BCUT2D eigenvalue weighted by Crippen LogP contribution is -3.00. The fourth-order valence-electron chi connectivity index (χ4n) is 2.98. The fraction of sp³-hybridized carbons (Fsp3) is 0.368. The van der Waals surface area contributed by atoms with Gasteiger partial charge in [-0.15, -0.1) is 0 Å². The molecule has 0 unspecified atom stereocenters. The largest absolute Gasteiger partial charge is 1.00 e. The van der Waals surface area contributed by atoms with E-state index in [9.17, 15) is 0 Å². The van der Waals surface area contributed by atoms with Gasteiger partial charge >= 0.3 is 0 Å². The van der Waals surface area contributed by atoms with Crippen LogP contribution in [0.4, 0.5) is 0 Å². The lowest BCUT2D eigenvalue weighted by Gasteiger charge is -2.16. The Kier molecular flexibility index (Phi) is 9.00. The highest BCUT2D eigenvalue weighted by Crippen LogP contribution is 2.23. The van der Waals surface area contributed by atoms with E-state index in [1.807, 2.05) is 0 Å². The predicted octanol–water partition coefficient (Wildman–Crippen LogP) is 2.34. The summed E-state index contributed by atoms with van der Waals surface area (Å²) in [7, 11) is 0. The van der Waals surface area contributed by atoms with Crippen molar-refractivity contribution in [3.05, 3.63) is 70.3 Å². The van der Waals surface area contributed by atoms with E-state index in [4.69, 9.17) is 0 Å². The van der Waals surface area contributed by atoms with Crippen molar-refractivity contribution in [1.29, 1.82) is 0 Å². The Labute approximate surface area is 135 Å². The van der Waals surface area contributed by atoms with Gasteiger partial charge in [0, 0.05) is 0 Å². The average Bonchev–Trinajstić information content (AvgIpc) is 2.47. The van der Waals surface area contributed by atoms with E-state index < -0.39 is 0 Å². The van der Waals surface area contributed by atoms with Crippen molar-refractivity contribution in [3.8, 4) is 0 Å². The van der Waals surface area contributed by atoms with Gasteiger partial charge in [-0.3, -0.25) is 0 Å². The first-order chi connectivity index (χ1) is 9.30. The van der Waals surface area contributed by atoms with E-state index in [1.165, 1.54) is 16.7 Å². The molecule has 0 bridgehead atoms. The first-order valence-corrected chi connectivity index (χ1v) is 7.46. The van der Waals surface area contributed by atoms with Gasteiger partial charge in [-0.1, -0.05) is 63.2 Å². The number of rotatable bonds is 5. The van der Waals surface area contributed by atoms with Gasteiger partial charge < -0.3 is 18.6 Å². The first kappa shape index (κ1) is 19.7. The third kappa shape index (κ3) is 4.59. The number of aryl methyl sites for hydroxylation is 1. The summed E-state index contributed by atoms with van der Waals surface area (Å²) in [5, 5.41) is 0. The normalized spacial score (nSPS) is 9.67. The lowest BCUT2D eigenvalue weighted by atomic mass is 9.89. The van der Waals surface area contributed by atoms with Gasteiger partial charge in [0.05, 0.1) is 0 Å². The molecule has 2 aromatic carbocycles. The molecule has 2 rings (SSSR count). The van der Waals surface area contributed by atoms with E-state index in [0.717, 1.165) is 25.7 Å². The van der Waals surface area contributed by atoms with Gasteiger partial charge in [-0.25, -0.2) is 0 Å². The predicted molar refractivity (Wildman–Crippen MR) is 89.8 cm³/mol. The zero-order valence-electron chi connectivity index (χ0n) is 13.7. The highest BCUT2D eigenvalue weighted by Gasteiger charge is 2.10. The van der Waals surface area contributed by atoms with Crippen LogP contribution in [0.15, 0.2) is 42.5 Å². The molecule has 0 heterocycles. The summed E-state index contributed by atoms with van der Waals surface area (Å²) >= 11 is 0. The minimum absolute atomic E-state index is 0. The van der Waals surface area contributed by atoms with Gasteiger partial charge in [-0.2, -0.15) is 0 Å². The average molecular weight is 306 g/mol. The molecule has 0 fully saturated rings. The maximum Gasteiger partial charge on any atom is -0.00229 e. The van der Waals surface area contributed by atoms with Gasteiger partial charge in [0.2, 0.25) is 0 Å². The Bertz CT molecular complexity index is 535. The van der Waals surface area contributed by atoms with E-state index >= 15 is 0 Å². The second-order valence-corrected chi connectivity index (χ2v) is 5.06. The highest BCUT2D eigenvalue weighted by molar-refractivity contribution is 5.43. The number of hydrogen-bond donors (Lipinski definition) is 1. The first-order valence-electron chi connectivity index (χ1n) is 7.46. The molecule has 0 saturated carbocycles. The standard InChI is InChI=1S/C19H24.ClH.H3N/c1-4-16-12-13-17(19(6-3)18(16)5-2)14-15-10-8-7-9-11-15;;/h7-13H,4-6,14H2,1-3H3;1H;1H3. The summed E-state index contributed by atoms with van der Waals surface area (Å²) in [6, 6.07) is 15.4.